The summed E-state index contributed by atoms with van der Waals surface area (Å²) in [6, 6.07) is 9.49. The summed E-state index contributed by atoms with van der Waals surface area (Å²) < 4.78 is 0. The van der Waals surface area contributed by atoms with E-state index in [1.54, 1.807) is 6.07 Å². The van der Waals surface area contributed by atoms with Crippen molar-refractivity contribution in [3.05, 3.63) is 35.4 Å². The lowest BCUT2D eigenvalue weighted by molar-refractivity contribution is -0.132. The Hall–Kier alpha value is -1.82. The molecule has 100 valence electrons. The van der Waals surface area contributed by atoms with Crippen LogP contribution in [0.2, 0.25) is 0 Å². The predicted molar refractivity (Wildman–Crippen MR) is 74.2 cm³/mol. The second kappa shape index (κ2) is 5.88. The van der Waals surface area contributed by atoms with E-state index in [9.17, 15) is 4.79 Å². The van der Waals surface area contributed by atoms with E-state index < -0.39 is 0 Å². The van der Waals surface area contributed by atoms with Crippen molar-refractivity contribution in [2.45, 2.75) is 45.6 Å². The third-order valence-electron chi connectivity index (χ3n) is 4.01. The van der Waals surface area contributed by atoms with Crippen LogP contribution in [0.25, 0.3) is 0 Å². The van der Waals surface area contributed by atoms with Crippen molar-refractivity contribution >= 4 is 5.91 Å². The Bertz CT molecular complexity index is 496. The smallest absolute Gasteiger partial charge is 0.226 e. The summed E-state index contributed by atoms with van der Waals surface area (Å²) in [4.78, 5) is 12.3. The van der Waals surface area contributed by atoms with Crippen molar-refractivity contribution < 1.29 is 4.79 Å². The normalized spacial score (nSPS) is 17.5. The van der Waals surface area contributed by atoms with Crippen molar-refractivity contribution in [2.24, 2.45) is 5.41 Å². The van der Waals surface area contributed by atoms with Crippen molar-refractivity contribution in [2.75, 3.05) is 0 Å². The topological polar surface area (TPSA) is 52.9 Å². The summed E-state index contributed by atoms with van der Waals surface area (Å²) in [5.41, 5.74) is 1.41. The molecular formula is C16H20N2O. The van der Waals surface area contributed by atoms with Crippen molar-refractivity contribution in [3.63, 3.8) is 0 Å². The minimum absolute atomic E-state index is 0.148. The molecule has 0 unspecified atom stereocenters. The number of carbonyl (C=O) groups excluding carboxylic acids is 1. The maximum absolute atomic E-state index is 12.3. The number of hydrogen-bond acceptors (Lipinski definition) is 2. The van der Waals surface area contributed by atoms with E-state index in [2.05, 4.69) is 18.3 Å². The number of nitriles is 1. The largest absolute Gasteiger partial charge is 0.352 e. The molecule has 0 heterocycles. The average molecular weight is 256 g/mol. The fourth-order valence-electron chi connectivity index (χ4n) is 2.71. The molecule has 0 atom stereocenters. The van der Waals surface area contributed by atoms with Gasteiger partial charge in [0.25, 0.3) is 0 Å². The first-order chi connectivity index (χ1) is 9.14. The van der Waals surface area contributed by atoms with Gasteiger partial charge in [-0.15, -0.1) is 0 Å². The van der Waals surface area contributed by atoms with Gasteiger partial charge in [-0.1, -0.05) is 38.3 Å². The molecule has 0 aromatic heterocycles. The van der Waals surface area contributed by atoms with Gasteiger partial charge >= 0.3 is 0 Å². The lowest BCUT2D eigenvalue weighted by atomic mass is 9.75. The van der Waals surface area contributed by atoms with Gasteiger partial charge in [0.15, 0.2) is 0 Å². The van der Waals surface area contributed by atoms with Gasteiger partial charge in [0, 0.05) is 12.0 Å². The lowest BCUT2D eigenvalue weighted by Gasteiger charge is -2.32. The highest BCUT2D eigenvalue weighted by molar-refractivity contribution is 5.82. The minimum atomic E-state index is -0.203. The molecule has 1 aromatic rings. The van der Waals surface area contributed by atoms with Crippen LogP contribution in [0.5, 0.6) is 0 Å². The molecule has 3 heteroatoms. The maximum atomic E-state index is 12.3. The van der Waals surface area contributed by atoms with E-state index in [0.29, 0.717) is 12.1 Å². The molecule has 0 radical (unpaired) electrons. The maximum Gasteiger partial charge on any atom is 0.226 e. The minimum Gasteiger partial charge on any atom is -0.352 e. The molecule has 2 rings (SSSR count). The second-order valence-electron chi connectivity index (χ2n) is 5.62. The third-order valence-corrected chi connectivity index (χ3v) is 4.01. The molecular weight excluding hydrogens is 236 g/mol. The van der Waals surface area contributed by atoms with E-state index in [4.69, 9.17) is 5.26 Å². The Morgan fingerprint density at radius 2 is 2.11 bits per heavy atom. The number of carbonyl (C=O) groups is 1. The van der Waals surface area contributed by atoms with Crippen molar-refractivity contribution in [1.29, 1.82) is 5.26 Å². The molecule has 1 aliphatic rings. The Kier molecular flexibility index (Phi) is 4.21. The summed E-state index contributed by atoms with van der Waals surface area (Å²) in [5.74, 6) is 0.148. The highest BCUT2D eigenvalue weighted by Gasteiger charge is 2.34. The van der Waals surface area contributed by atoms with Crippen LogP contribution in [0.15, 0.2) is 24.3 Å². The zero-order valence-electron chi connectivity index (χ0n) is 11.4. The highest BCUT2D eigenvalue weighted by Crippen LogP contribution is 2.35. The number of nitrogens with zero attached hydrogens (tertiary/aromatic N) is 1. The summed E-state index contributed by atoms with van der Waals surface area (Å²) in [5, 5.41) is 11.9. The molecule has 19 heavy (non-hydrogen) atoms. The molecule has 1 saturated carbocycles. The number of hydrogen-bond donors (Lipinski definition) is 1. The average Bonchev–Trinajstić information content (AvgIpc) is 2.45. The van der Waals surface area contributed by atoms with E-state index in [-0.39, 0.29) is 11.3 Å². The molecule has 3 nitrogen and oxygen atoms in total. The fourth-order valence-corrected chi connectivity index (χ4v) is 2.71. The van der Waals surface area contributed by atoms with Crippen LogP contribution >= 0.6 is 0 Å². The SMILES string of the molecule is CC1(C(=O)NCc2cccc(C#N)c2)CCCCC1. The molecule has 0 spiro atoms. The Morgan fingerprint density at radius 1 is 1.37 bits per heavy atom. The molecule has 1 fully saturated rings. The molecule has 1 amide bonds. The van der Waals surface area contributed by atoms with E-state index in [1.807, 2.05) is 18.2 Å². The predicted octanol–water partition coefficient (Wildman–Crippen LogP) is 3.14. The lowest BCUT2D eigenvalue weighted by Crippen LogP contribution is -2.39. The molecule has 1 N–H and O–H groups in total. The molecule has 0 bridgehead atoms. The second-order valence-corrected chi connectivity index (χ2v) is 5.62. The molecule has 0 aliphatic heterocycles. The van der Waals surface area contributed by atoms with Gasteiger partial charge in [0.1, 0.15) is 0 Å². The number of nitrogens with one attached hydrogen (secondary N) is 1. The van der Waals surface area contributed by atoms with Gasteiger partial charge < -0.3 is 5.32 Å². The quantitative estimate of drug-likeness (QED) is 0.903. The van der Waals surface area contributed by atoms with Crippen LogP contribution in [0.3, 0.4) is 0 Å². The van der Waals surface area contributed by atoms with E-state index in [0.717, 1.165) is 31.2 Å². The fraction of sp³-hybridized carbons (Fsp3) is 0.500. The summed E-state index contributed by atoms with van der Waals surface area (Å²) in [6.45, 7) is 2.57. The molecule has 1 aromatic carbocycles. The van der Waals surface area contributed by atoms with Crippen LogP contribution in [-0.4, -0.2) is 5.91 Å². The number of amides is 1. The van der Waals surface area contributed by atoms with Gasteiger partial charge in [0.2, 0.25) is 5.91 Å². The third kappa shape index (κ3) is 3.35. The van der Waals surface area contributed by atoms with Crippen LogP contribution in [0.4, 0.5) is 0 Å². The van der Waals surface area contributed by atoms with Gasteiger partial charge in [-0.3, -0.25) is 4.79 Å². The van der Waals surface area contributed by atoms with Crippen LogP contribution in [0, 0.1) is 16.7 Å². The summed E-state index contributed by atoms with van der Waals surface area (Å²) >= 11 is 0. The molecule has 1 aliphatic carbocycles. The van der Waals surface area contributed by atoms with Crippen LogP contribution in [-0.2, 0) is 11.3 Å². The first-order valence-electron chi connectivity index (χ1n) is 6.91. The monoisotopic (exact) mass is 256 g/mol. The van der Waals surface area contributed by atoms with Gasteiger partial charge in [-0.05, 0) is 30.5 Å². The zero-order chi connectivity index (χ0) is 13.7. The van der Waals surface area contributed by atoms with Crippen molar-refractivity contribution in [1.82, 2.24) is 5.32 Å². The van der Waals surface area contributed by atoms with Crippen molar-refractivity contribution in [3.8, 4) is 6.07 Å². The first-order valence-corrected chi connectivity index (χ1v) is 6.91. The van der Waals surface area contributed by atoms with Gasteiger partial charge in [-0.2, -0.15) is 5.26 Å². The summed E-state index contributed by atoms with van der Waals surface area (Å²) in [6.07, 6.45) is 5.50. The highest BCUT2D eigenvalue weighted by atomic mass is 16.2. The Labute approximate surface area is 114 Å². The van der Waals surface area contributed by atoms with Gasteiger partial charge in [-0.25, -0.2) is 0 Å². The molecule has 0 saturated heterocycles. The van der Waals surface area contributed by atoms with Gasteiger partial charge in [0.05, 0.1) is 11.6 Å². The Balaban J connectivity index is 1.94. The standard InChI is InChI=1S/C16H20N2O/c1-16(8-3-2-4-9-16)15(19)18-12-14-7-5-6-13(10-14)11-17/h5-7,10H,2-4,8-9,12H2,1H3,(H,18,19). The van der Waals surface area contributed by atoms with E-state index >= 15 is 0 Å². The zero-order valence-corrected chi connectivity index (χ0v) is 11.4. The summed E-state index contributed by atoms with van der Waals surface area (Å²) in [7, 11) is 0. The first kappa shape index (κ1) is 13.6. The number of benzene rings is 1. The van der Waals surface area contributed by atoms with Crippen LogP contribution < -0.4 is 5.32 Å². The number of rotatable bonds is 3. The van der Waals surface area contributed by atoms with E-state index in [1.165, 1.54) is 6.42 Å². The van der Waals surface area contributed by atoms with Crippen LogP contribution in [0.1, 0.15) is 50.2 Å². The Morgan fingerprint density at radius 3 is 2.79 bits per heavy atom.